The first kappa shape index (κ1) is 16.1. The molecule has 1 aromatic carbocycles. The standard InChI is InChI=1S/C16H13FN4O2S/c17-12-3-5-13(6-4-12)24-9-7-14(22)19-16-21-20-15(23-16)11-2-1-8-18-10-11/h1-6,8,10H,7,9H2,(H,19,21,22). The SMILES string of the molecule is O=C(CCSc1ccc(F)cc1)Nc1nnc(-c2cccnc2)o1. The number of carbonyl (C=O) groups is 1. The highest BCUT2D eigenvalue weighted by molar-refractivity contribution is 7.99. The second-order valence-corrected chi connectivity index (χ2v) is 5.92. The summed E-state index contributed by atoms with van der Waals surface area (Å²) in [4.78, 5) is 16.7. The van der Waals surface area contributed by atoms with Gasteiger partial charge in [0.05, 0.1) is 5.56 Å². The first-order chi connectivity index (χ1) is 11.7. The number of nitrogens with one attached hydrogen (secondary N) is 1. The van der Waals surface area contributed by atoms with Gasteiger partial charge in [0.25, 0.3) is 5.89 Å². The van der Waals surface area contributed by atoms with E-state index in [0.29, 0.717) is 17.2 Å². The summed E-state index contributed by atoms with van der Waals surface area (Å²) in [6.07, 6.45) is 3.51. The summed E-state index contributed by atoms with van der Waals surface area (Å²) in [5, 5.41) is 10.2. The van der Waals surface area contributed by atoms with E-state index in [9.17, 15) is 9.18 Å². The smallest absolute Gasteiger partial charge is 0.322 e. The molecular formula is C16H13FN4O2S. The van der Waals surface area contributed by atoms with Crippen molar-refractivity contribution in [2.24, 2.45) is 0 Å². The highest BCUT2D eigenvalue weighted by Crippen LogP contribution is 2.20. The lowest BCUT2D eigenvalue weighted by molar-refractivity contribution is -0.115. The summed E-state index contributed by atoms with van der Waals surface area (Å²) in [6, 6.07) is 9.72. The molecule has 0 spiro atoms. The number of benzene rings is 1. The van der Waals surface area contributed by atoms with Crippen molar-refractivity contribution in [3.8, 4) is 11.5 Å². The molecule has 1 amide bonds. The largest absolute Gasteiger partial charge is 0.403 e. The van der Waals surface area contributed by atoms with Gasteiger partial charge in [-0.3, -0.25) is 15.1 Å². The lowest BCUT2D eigenvalue weighted by Gasteiger charge is -2.01. The average molecular weight is 344 g/mol. The first-order valence-corrected chi connectivity index (χ1v) is 8.11. The molecule has 6 nitrogen and oxygen atoms in total. The average Bonchev–Trinajstić information content (AvgIpc) is 3.06. The number of pyridine rings is 1. The molecular weight excluding hydrogens is 331 g/mol. The third-order valence-corrected chi connectivity index (χ3v) is 4.01. The van der Waals surface area contributed by atoms with Crippen LogP contribution in [0.1, 0.15) is 6.42 Å². The van der Waals surface area contributed by atoms with Gasteiger partial charge in [0.15, 0.2) is 0 Å². The molecule has 0 aliphatic heterocycles. The van der Waals surface area contributed by atoms with Crippen LogP contribution in [0.25, 0.3) is 11.5 Å². The number of amides is 1. The van der Waals surface area contributed by atoms with Crippen molar-refractivity contribution < 1.29 is 13.6 Å². The van der Waals surface area contributed by atoms with Crippen LogP contribution in [0.3, 0.4) is 0 Å². The van der Waals surface area contributed by atoms with Crippen LogP contribution in [0.5, 0.6) is 0 Å². The highest BCUT2D eigenvalue weighted by Gasteiger charge is 2.11. The van der Waals surface area contributed by atoms with Crippen LogP contribution < -0.4 is 5.32 Å². The predicted molar refractivity (Wildman–Crippen MR) is 87.9 cm³/mol. The molecule has 0 fully saturated rings. The Morgan fingerprint density at radius 2 is 2.04 bits per heavy atom. The van der Waals surface area contributed by atoms with E-state index in [2.05, 4.69) is 20.5 Å². The van der Waals surface area contributed by atoms with Gasteiger partial charge in [0.1, 0.15) is 5.82 Å². The third kappa shape index (κ3) is 4.39. The number of halogens is 1. The van der Waals surface area contributed by atoms with Crippen molar-refractivity contribution in [1.82, 2.24) is 15.2 Å². The predicted octanol–water partition coefficient (Wildman–Crippen LogP) is 3.39. The van der Waals surface area contributed by atoms with E-state index in [1.165, 1.54) is 23.9 Å². The monoisotopic (exact) mass is 344 g/mol. The van der Waals surface area contributed by atoms with E-state index in [4.69, 9.17) is 4.42 Å². The normalized spacial score (nSPS) is 10.5. The molecule has 0 saturated heterocycles. The Labute approximate surface area is 141 Å². The number of rotatable bonds is 6. The zero-order chi connectivity index (χ0) is 16.8. The van der Waals surface area contributed by atoms with Crippen LogP contribution >= 0.6 is 11.8 Å². The van der Waals surface area contributed by atoms with Crippen LogP contribution in [0.2, 0.25) is 0 Å². The molecule has 24 heavy (non-hydrogen) atoms. The number of aromatic nitrogens is 3. The van der Waals surface area contributed by atoms with Crippen LogP contribution in [0.15, 0.2) is 58.1 Å². The van der Waals surface area contributed by atoms with Crippen LogP contribution in [-0.4, -0.2) is 26.8 Å². The maximum Gasteiger partial charge on any atom is 0.322 e. The number of carbonyl (C=O) groups excluding carboxylic acids is 1. The molecule has 0 radical (unpaired) electrons. The Morgan fingerprint density at radius 3 is 2.79 bits per heavy atom. The summed E-state index contributed by atoms with van der Waals surface area (Å²) < 4.78 is 18.2. The van der Waals surface area contributed by atoms with E-state index in [0.717, 1.165) is 4.90 Å². The molecule has 0 aliphatic rings. The summed E-state index contributed by atoms with van der Waals surface area (Å²) in [5.74, 6) is 0.337. The minimum absolute atomic E-state index is 0.0469. The highest BCUT2D eigenvalue weighted by atomic mass is 32.2. The summed E-state index contributed by atoms with van der Waals surface area (Å²) in [5.41, 5.74) is 0.678. The lowest BCUT2D eigenvalue weighted by atomic mass is 10.3. The van der Waals surface area contributed by atoms with Crippen LogP contribution in [-0.2, 0) is 4.79 Å². The van der Waals surface area contributed by atoms with Gasteiger partial charge in [-0.1, -0.05) is 5.10 Å². The molecule has 2 aromatic heterocycles. The quantitative estimate of drug-likeness (QED) is 0.690. The Morgan fingerprint density at radius 1 is 1.21 bits per heavy atom. The van der Waals surface area contributed by atoms with Gasteiger partial charge in [-0.2, -0.15) is 0 Å². The molecule has 122 valence electrons. The van der Waals surface area contributed by atoms with Gasteiger partial charge in [-0.05, 0) is 36.4 Å². The summed E-state index contributed by atoms with van der Waals surface area (Å²) in [6.45, 7) is 0. The molecule has 0 bridgehead atoms. The van der Waals surface area contributed by atoms with Gasteiger partial charge >= 0.3 is 6.01 Å². The fraction of sp³-hybridized carbons (Fsp3) is 0.125. The summed E-state index contributed by atoms with van der Waals surface area (Å²) >= 11 is 1.47. The third-order valence-electron chi connectivity index (χ3n) is 2.99. The van der Waals surface area contributed by atoms with E-state index < -0.39 is 0 Å². The second kappa shape index (κ2) is 7.69. The Bertz CT molecular complexity index is 808. The maximum absolute atomic E-state index is 12.8. The second-order valence-electron chi connectivity index (χ2n) is 4.75. The minimum atomic E-state index is -0.280. The van der Waals surface area contributed by atoms with Crippen molar-refractivity contribution in [1.29, 1.82) is 0 Å². The number of hydrogen-bond donors (Lipinski definition) is 1. The fourth-order valence-corrected chi connectivity index (χ4v) is 2.71. The lowest BCUT2D eigenvalue weighted by Crippen LogP contribution is -2.12. The van der Waals surface area contributed by atoms with E-state index >= 15 is 0 Å². The van der Waals surface area contributed by atoms with Gasteiger partial charge in [0.2, 0.25) is 5.91 Å². The molecule has 8 heteroatoms. The first-order valence-electron chi connectivity index (χ1n) is 7.13. The van der Waals surface area contributed by atoms with Crippen LogP contribution in [0, 0.1) is 5.82 Å². The molecule has 0 unspecified atom stereocenters. The van der Waals surface area contributed by atoms with Crippen molar-refractivity contribution in [2.45, 2.75) is 11.3 Å². The zero-order valence-electron chi connectivity index (χ0n) is 12.5. The van der Waals surface area contributed by atoms with Gasteiger partial charge in [-0.15, -0.1) is 16.9 Å². The van der Waals surface area contributed by atoms with Crippen molar-refractivity contribution in [3.63, 3.8) is 0 Å². The molecule has 0 aliphatic carbocycles. The molecule has 1 N–H and O–H groups in total. The van der Waals surface area contributed by atoms with Crippen LogP contribution in [0.4, 0.5) is 10.4 Å². The minimum Gasteiger partial charge on any atom is -0.403 e. The Balaban J connectivity index is 1.48. The topological polar surface area (TPSA) is 80.9 Å². The molecule has 0 atom stereocenters. The number of nitrogens with zero attached hydrogens (tertiary/aromatic N) is 3. The Hall–Kier alpha value is -2.74. The molecule has 3 aromatic rings. The number of thioether (sulfide) groups is 1. The van der Waals surface area contributed by atoms with Gasteiger partial charge in [-0.25, -0.2) is 4.39 Å². The van der Waals surface area contributed by atoms with Gasteiger partial charge < -0.3 is 4.42 Å². The van der Waals surface area contributed by atoms with E-state index in [1.807, 2.05) is 0 Å². The molecule has 0 saturated carbocycles. The van der Waals surface area contributed by atoms with Gasteiger partial charge in [0, 0.05) is 29.5 Å². The zero-order valence-corrected chi connectivity index (χ0v) is 13.3. The molecule has 2 heterocycles. The number of hydrogen-bond acceptors (Lipinski definition) is 6. The molecule has 3 rings (SSSR count). The van der Waals surface area contributed by atoms with E-state index in [-0.39, 0.29) is 24.2 Å². The van der Waals surface area contributed by atoms with E-state index in [1.54, 1.807) is 36.7 Å². The number of anilines is 1. The summed E-state index contributed by atoms with van der Waals surface area (Å²) in [7, 11) is 0. The van der Waals surface area contributed by atoms with Crippen molar-refractivity contribution in [2.75, 3.05) is 11.1 Å². The fourth-order valence-electron chi connectivity index (χ4n) is 1.85. The van der Waals surface area contributed by atoms with Crippen molar-refractivity contribution >= 4 is 23.7 Å². The van der Waals surface area contributed by atoms with Crippen molar-refractivity contribution in [3.05, 3.63) is 54.6 Å². The maximum atomic E-state index is 12.8. The Kier molecular flexibility index (Phi) is 5.17.